The van der Waals surface area contributed by atoms with Crippen molar-refractivity contribution in [3.05, 3.63) is 0 Å². The van der Waals surface area contributed by atoms with Crippen molar-refractivity contribution in [3.63, 3.8) is 0 Å². The molecular formula is C12H18F2O. The minimum atomic E-state index is -2.46. The summed E-state index contributed by atoms with van der Waals surface area (Å²) < 4.78 is 26.0. The Balaban J connectivity index is 1.66. The van der Waals surface area contributed by atoms with Crippen LogP contribution in [-0.4, -0.2) is 16.6 Å². The first-order valence-electron chi connectivity index (χ1n) is 6.14. The van der Waals surface area contributed by atoms with E-state index in [0.29, 0.717) is 24.7 Å². The van der Waals surface area contributed by atoms with E-state index in [-0.39, 0.29) is 18.8 Å². The molecule has 2 atom stereocenters. The van der Waals surface area contributed by atoms with Gasteiger partial charge in [-0.1, -0.05) is 6.42 Å². The summed E-state index contributed by atoms with van der Waals surface area (Å²) in [6, 6.07) is 0. The Labute approximate surface area is 88.9 Å². The van der Waals surface area contributed by atoms with Gasteiger partial charge in [-0.2, -0.15) is 0 Å². The molecule has 0 radical (unpaired) electrons. The number of fused-ring (bicyclic) bond motifs is 1. The number of hydrogen-bond donors (Lipinski definition) is 1. The van der Waals surface area contributed by atoms with Crippen LogP contribution in [0, 0.1) is 17.8 Å². The summed E-state index contributed by atoms with van der Waals surface area (Å²) in [5.74, 6) is -1.40. The number of alkyl halides is 2. The first kappa shape index (κ1) is 10.0. The predicted molar refractivity (Wildman–Crippen MR) is 52.7 cm³/mol. The lowest BCUT2D eigenvalue weighted by Crippen LogP contribution is -2.35. The van der Waals surface area contributed by atoms with Crippen LogP contribution in [0.25, 0.3) is 0 Å². The monoisotopic (exact) mass is 216 g/mol. The lowest BCUT2D eigenvalue weighted by Gasteiger charge is -2.33. The smallest absolute Gasteiger partial charge is 0.248 e. The lowest BCUT2D eigenvalue weighted by molar-refractivity contribution is -0.0739. The van der Waals surface area contributed by atoms with Crippen LogP contribution >= 0.6 is 0 Å². The second kappa shape index (κ2) is 2.93. The minimum absolute atomic E-state index is 0.0145. The summed E-state index contributed by atoms with van der Waals surface area (Å²) in [4.78, 5) is 0. The lowest BCUT2D eigenvalue weighted by atomic mass is 9.79. The van der Waals surface area contributed by atoms with E-state index < -0.39 is 11.5 Å². The third-order valence-corrected chi connectivity index (χ3v) is 4.97. The van der Waals surface area contributed by atoms with Gasteiger partial charge in [-0.15, -0.1) is 0 Å². The maximum Gasteiger partial charge on any atom is 0.248 e. The molecular weight excluding hydrogens is 198 g/mol. The van der Waals surface area contributed by atoms with Crippen LogP contribution in [0.3, 0.4) is 0 Å². The van der Waals surface area contributed by atoms with Gasteiger partial charge in [0.05, 0.1) is 5.60 Å². The Morgan fingerprint density at radius 1 is 0.933 bits per heavy atom. The molecule has 3 aliphatic carbocycles. The summed E-state index contributed by atoms with van der Waals surface area (Å²) in [6.07, 6.45) is 4.48. The molecule has 2 unspecified atom stereocenters. The van der Waals surface area contributed by atoms with E-state index in [1.54, 1.807) is 0 Å². The van der Waals surface area contributed by atoms with E-state index >= 15 is 0 Å². The summed E-state index contributed by atoms with van der Waals surface area (Å²) in [7, 11) is 0. The molecule has 0 saturated heterocycles. The van der Waals surface area contributed by atoms with Crippen LogP contribution in [0.1, 0.15) is 44.9 Å². The van der Waals surface area contributed by atoms with Gasteiger partial charge >= 0.3 is 0 Å². The van der Waals surface area contributed by atoms with E-state index in [2.05, 4.69) is 0 Å². The molecule has 3 heteroatoms. The fourth-order valence-electron chi connectivity index (χ4n) is 4.08. The van der Waals surface area contributed by atoms with Crippen molar-refractivity contribution in [1.29, 1.82) is 0 Å². The van der Waals surface area contributed by atoms with Gasteiger partial charge in [0, 0.05) is 12.8 Å². The minimum Gasteiger partial charge on any atom is -0.389 e. The zero-order valence-corrected chi connectivity index (χ0v) is 8.88. The van der Waals surface area contributed by atoms with Crippen LogP contribution in [0.4, 0.5) is 8.78 Å². The largest absolute Gasteiger partial charge is 0.389 e. The van der Waals surface area contributed by atoms with E-state index in [4.69, 9.17) is 0 Å². The first-order valence-corrected chi connectivity index (χ1v) is 6.14. The average molecular weight is 216 g/mol. The van der Waals surface area contributed by atoms with Crippen molar-refractivity contribution in [1.82, 2.24) is 0 Å². The second-order valence-corrected chi connectivity index (χ2v) is 5.66. The molecule has 3 saturated carbocycles. The molecule has 0 aromatic rings. The van der Waals surface area contributed by atoms with Gasteiger partial charge in [-0.05, 0) is 43.4 Å². The van der Waals surface area contributed by atoms with E-state index in [0.717, 1.165) is 12.8 Å². The fraction of sp³-hybridized carbons (Fsp3) is 1.00. The number of halogens is 2. The molecule has 1 N–H and O–H groups in total. The van der Waals surface area contributed by atoms with Crippen LogP contribution in [-0.2, 0) is 0 Å². The first-order chi connectivity index (χ1) is 7.04. The van der Waals surface area contributed by atoms with Crippen LogP contribution < -0.4 is 0 Å². The molecule has 86 valence electrons. The molecule has 0 aromatic heterocycles. The highest BCUT2D eigenvalue weighted by molar-refractivity contribution is 5.18. The molecule has 3 aliphatic rings. The van der Waals surface area contributed by atoms with Gasteiger partial charge < -0.3 is 5.11 Å². The topological polar surface area (TPSA) is 20.2 Å². The molecule has 0 aromatic carbocycles. The van der Waals surface area contributed by atoms with Crippen molar-refractivity contribution in [2.75, 3.05) is 0 Å². The average Bonchev–Trinajstić information content (AvgIpc) is 2.63. The SMILES string of the molecule is OC1(C2CCC(F)(F)CC2)C2CCCC21. The third-order valence-electron chi connectivity index (χ3n) is 4.97. The van der Waals surface area contributed by atoms with Gasteiger partial charge in [0.1, 0.15) is 0 Å². The molecule has 3 fully saturated rings. The Bertz CT molecular complexity index is 257. The van der Waals surface area contributed by atoms with Crippen LogP contribution in [0.5, 0.6) is 0 Å². The molecule has 0 spiro atoms. The van der Waals surface area contributed by atoms with Crippen molar-refractivity contribution >= 4 is 0 Å². The molecule has 1 nitrogen and oxygen atoms in total. The summed E-state index contributed by atoms with van der Waals surface area (Å²) in [5.41, 5.74) is -0.533. The van der Waals surface area contributed by atoms with Gasteiger partial charge in [-0.3, -0.25) is 0 Å². The quantitative estimate of drug-likeness (QED) is 0.714. The van der Waals surface area contributed by atoms with Gasteiger partial charge in [0.25, 0.3) is 0 Å². The maximum absolute atomic E-state index is 13.0. The van der Waals surface area contributed by atoms with E-state index in [1.807, 2.05) is 0 Å². The Kier molecular flexibility index (Phi) is 1.96. The highest BCUT2D eigenvalue weighted by Gasteiger charge is 2.68. The van der Waals surface area contributed by atoms with E-state index in [1.165, 1.54) is 6.42 Å². The van der Waals surface area contributed by atoms with Crippen molar-refractivity contribution < 1.29 is 13.9 Å². The zero-order valence-electron chi connectivity index (χ0n) is 8.88. The standard InChI is InChI=1S/C12H18F2O/c13-11(14)6-4-8(5-7-11)12(15)9-2-1-3-10(9)12/h8-10,15H,1-7H2. The summed E-state index contributed by atoms with van der Waals surface area (Å²) >= 11 is 0. The third kappa shape index (κ3) is 1.35. The Morgan fingerprint density at radius 2 is 1.47 bits per heavy atom. The molecule has 0 amide bonds. The molecule has 0 heterocycles. The second-order valence-electron chi connectivity index (χ2n) is 5.66. The van der Waals surface area contributed by atoms with Crippen LogP contribution in [0.15, 0.2) is 0 Å². The number of aliphatic hydroxyl groups is 1. The highest BCUT2D eigenvalue weighted by Crippen LogP contribution is 2.66. The van der Waals surface area contributed by atoms with Gasteiger partial charge in [-0.25, -0.2) is 8.78 Å². The van der Waals surface area contributed by atoms with Crippen molar-refractivity contribution in [2.24, 2.45) is 17.8 Å². The number of hydrogen-bond acceptors (Lipinski definition) is 1. The van der Waals surface area contributed by atoms with Crippen LogP contribution in [0.2, 0.25) is 0 Å². The van der Waals surface area contributed by atoms with Crippen molar-refractivity contribution in [3.8, 4) is 0 Å². The zero-order chi connectivity index (χ0) is 10.7. The fourth-order valence-corrected chi connectivity index (χ4v) is 4.08. The molecule has 3 rings (SSSR count). The predicted octanol–water partition coefficient (Wildman–Crippen LogP) is 2.97. The molecule has 0 bridgehead atoms. The molecule has 0 aliphatic heterocycles. The Morgan fingerprint density at radius 3 is 2.00 bits per heavy atom. The van der Waals surface area contributed by atoms with E-state index in [9.17, 15) is 13.9 Å². The highest BCUT2D eigenvalue weighted by atomic mass is 19.3. The summed E-state index contributed by atoms with van der Waals surface area (Å²) in [5, 5.41) is 10.5. The number of rotatable bonds is 1. The summed E-state index contributed by atoms with van der Waals surface area (Å²) in [6.45, 7) is 0. The Hall–Kier alpha value is -0.180. The normalized spacial score (nSPS) is 49.0. The maximum atomic E-state index is 13.0. The van der Waals surface area contributed by atoms with Gasteiger partial charge in [0.2, 0.25) is 5.92 Å². The molecule has 15 heavy (non-hydrogen) atoms. The van der Waals surface area contributed by atoms with Gasteiger partial charge in [0.15, 0.2) is 0 Å². The van der Waals surface area contributed by atoms with Crippen molar-refractivity contribution in [2.45, 2.75) is 56.5 Å².